The summed E-state index contributed by atoms with van der Waals surface area (Å²) in [5, 5.41) is -0.326. The molecule has 1 aliphatic carbocycles. The van der Waals surface area contributed by atoms with E-state index in [9.17, 15) is 14.0 Å². The van der Waals surface area contributed by atoms with Gasteiger partial charge in [0, 0.05) is 0 Å². The Labute approximate surface area is 111 Å². The topological polar surface area (TPSA) is 60.7 Å². The molecule has 7 heteroatoms. The Balaban J connectivity index is 2.11. The summed E-state index contributed by atoms with van der Waals surface area (Å²) in [4.78, 5) is 27.5. The highest BCUT2D eigenvalue weighted by Gasteiger charge is 2.27. The van der Waals surface area contributed by atoms with E-state index in [1.807, 2.05) is 0 Å². The Kier molecular flexibility index (Phi) is 2.74. The molecule has 5 nitrogen and oxygen atoms in total. The van der Waals surface area contributed by atoms with E-state index in [1.54, 1.807) is 0 Å². The number of hydrogen-bond donors (Lipinski definition) is 0. The van der Waals surface area contributed by atoms with E-state index >= 15 is 0 Å². The number of fused-ring (bicyclic) bond motifs is 1. The highest BCUT2D eigenvalue weighted by molar-refractivity contribution is 6.29. The zero-order valence-corrected chi connectivity index (χ0v) is 10.4. The van der Waals surface area contributed by atoms with E-state index in [0.29, 0.717) is 0 Å². The minimum Gasteiger partial charge on any atom is -0.459 e. The molecule has 2 aromatic heterocycles. The lowest BCUT2D eigenvalue weighted by Crippen LogP contribution is -2.24. The van der Waals surface area contributed by atoms with Gasteiger partial charge in [0.2, 0.25) is 0 Å². The molecule has 19 heavy (non-hydrogen) atoms. The standard InChI is InChI=1S/C12H8ClFN2O3/c13-10-8(14)5-16-9(15-10)4-3-7(11(16)17)12(18)19-6-1-2-6/h3-6H,1-2H2. The van der Waals surface area contributed by atoms with Crippen LogP contribution in [0.2, 0.25) is 5.15 Å². The van der Waals surface area contributed by atoms with Gasteiger partial charge in [-0.15, -0.1) is 0 Å². The first-order chi connectivity index (χ1) is 9.06. The fraction of sp³-hybridized carbons (Fsp3) is 0.250. The molecule has 1 aliphatic rings. The minimum atomic E-state index is -0.830. The predicted molar refractivity (Wildman–Crippen MR) is 64.9 cm³/mol. The molecule has 0 saturated heterocycles. The summed E-state index contributed by atoms with van der Waals surface area (Å²) in [5.41, 5.74) is -0.654. The summed E-state index contributed by atoms with van der Waals surface area (Å²) < 4.78 is 19.3. The highest BCUT2D eigenvalue weighted by Crippen LogP contribution is 2.24. The molecule has 2 heterocycles. The van der Waals surface area contributed by atoms with Gasteiger partial charge in [0.15, 0.2) is 11.0 Å². The zero-order chi connectivity index (χ0) is 13.6. The van der Waals surface area contributed by atoms with Gasteiger partial charge >= 0.3 is 5.97 Å². The Hall–Kier alpha value is -1.95. The number of pyridine rings is 1. The summed E-state index contributed by atoms with van der Waals surface area (Å²) in [6.07, 6.45) is 2.42. The predicted octanol–water partition coefficient (Wildman–Crippen LogP) is 1.81. The molecule has 1 fully saturated rings. The fourth-order valence-electron chi connectivity index (χ4n) is 1.64. The second kappa shape index (κ2) is 4.31. The van der Waals surface area contributed by atoms with Crippen molar-refractivity contribution in [3.63, 3.8) is 0 Å². The Morgan fingerprint density at radius 2 is 2.21 bits per heavy atom. The first kappa shape index (κ1) is 12.1. The molecular weight excluding hydrogens is 275 g/mol. The van der Waals surface area contributed by atoms with Crippen LogP contribution in [0.25, 0.3) is 5.65 Å². The second-order valence-electron chi connectivity index (χ2n) is 4.26. The molecule has 98 valence electrons. The number of nitrogens with zero attached hydrogens (tertiary/aromatic N) is 2. The van der Waals surface area contributed by atoms with Crippen molar-refractivity contribution in [2.24, 2.45) is 0 Å². The summed E-state index contributed by atoms with van der Waals surface area (Å²) in [5.74, 6) is -1.53. The molecule has 0 amide bonds. The van der Waals surface area contributed by atoms with Gasteiger partial charge in [-0.05, 0) is 25.0 Å². The van der Waals surface area contributed by atoms with Crippen molar-refractivity contribution < 1.29 is 13.9 Å². The van der Waals surface area contributed by atoms with Gasteiger partial charge in [-0.3, -0.25) is 9.20 Å². The van der Waals surface area contributed by atoms with E-state index in [0.717, 1.165) is 23.4 Å². The number of rotatable bonds is 2. The van der Waals surface area contributed by atoms with Crippen LogP contribution in [0.1, 0.15) is 23.2 Å². The molecule has 0 spiro atoms. The van der Waals surface area contributed by atoms with Crippen LogP contribution < -0.4 is 5.56 Å². The molecule has 0 unspecified atom stereocenters. The van der Waals surface area contributed by atoms with Crippen molar-refractivity contribution in [1.82, 2.24) is 9.38 Å². The maximum Gasteiger partial charge on any atom is 0.344 e. The number of carbonyl (C=O) groups excluding carboxylic acids is 1. The number of carbonyl (C=O) groups is 1. The lowest BCUT2D eigenvalue weighted by atomic mass is 10.2. The first-order valence-corrected chi connectivity index (χ1v) is 6.02. The van der Waals surface area contributed by atoms with Crippen molar-refractivity contribution in [1.29, 1.82) is 0 Å². The quantitative estimate of drug-likeness (QED) is 0.622. The molecular formula is C12H8ClFN2O3. The molecule has 0 aromatic carbocycles. The summed E-state index contributed by atoms with van der Waals surface area (Å²) >= 11 is 5.53. The van der Waals surface area contributed by atoms with Gasteiger partial charge in [-0.25, -0.2) is 14.2 Å². The second-order valence-corrected chi connectivity index (χ2v) is 4.62. The summed E-state index contributed by atoms with van der Waals surface area (Å²) in [6.45, 7) is 0. The van der Waals surface area contributed by atoms with E-state index in [-0.39, 0.29) is 22.5 Å². The van der Waals surface area contributed by atoms with Gasteiger partial charge < -0.3 is 4.74 Å². The van der Waals surface area contributed by atoms with Crippen molar-refractivity contribution in [2.45, 2.75) is 18.9 Å². The van der Waals surface area contributed by atoms with Gasteiger partial charge in [-0.1, -0.05) is 11.6 Å². The highest BCUT2D eigenvalue weighted by atomic mass is 35.5. The molecule has 0 aliphatic heterocycles. The maximum absolute atomic E-state index is 13.3. The van der Waals surface area contributed by atoms with E-state index in [4.69, 9.17) is 16.3 Å². The molecule has 0 N–H and O–H groups in total. The minimum absolute atomic E-state index is 0.104. The third kappa shape index (κ3) is 2.19. The lowest BCUT2D eigenvalue weighted by Gasteiger charge is -2.05. The van der Waals surface area contributed by atoms with Gasteiger partial charge in [0.05, 0.1) is 6.20 Å². The molecule has 1 saturated carbocycles. The van der Waals surface area contributed by atoms with Crippen LogP contribution in [0.4, 0.5) is 4.39 Å². The number of hydrogen-bond acceptors (Lipinski definition) is 4. The Morgan fingerprint density at radius 3 is 2.89 bits per heavy atom. The van der Waals surface area contributed by atoms with E-state index in [1.165, 1.54) is 12.1 Å². The summed E-state index contributed by atoms with van der Waals surface area (Å²) in [6, 6.07) is 2.72. The maximum atomic E-state index is 13.3. The van der Waals surface area contributed by atoms with E-state index in [2.05, 4.69) is 4.98 Å². The van der Waals surface area contributed by atoms with Crippen molar-refractivity contribution in [3.05, 3.63) is 45.2 Å². The van der Waals surface area contributed by atoms with Crippen molar-refractivity contribution >= 4 is 23.2 Å². The number of esters is 1. The third-order valence-electron chi connectivity index (χ3n) is 2.77. The largest absolute Gasteiger partial charge is 0.459 e. The molecule has 0 atom stereocenters. The average molecular weight is 283 g/mol. The Morgan fingerprint density at radius 1 is 1.47 bits per heavy atom. The lowest BCUT2D eigenvalue weighted by molar-refractivity contribution is 0.0470. The number of halogens is 2. The normalized spacial score (nSPS) is 14.6. The van der Waals surface area contributed by atoms with E-state index < -0.39 is 17.3 Å². The molecule has 3 rings (SSSR count). The number of aromatic nitrogens is 2. The van der Waals surface area contributed by atoms with Gasteiger partial charge in [0.25, 0.3) is 5.56 Å². The van der Waals surface area contributed by atoms with Crippen LogP contribution >= 0.6 is 11.6 Å². The average Bonchev–Trinajstić information content (AvgIpc) is 3.16. The van der Waals surface area contributed by atoms with Crippen LogP contribution in [0.5, 0.6) is 0 Å². The smallest absolute Gasteiger partial charge is 0.344 e. The fourth-order valence-corrected chi connectivity index (χ4v) is 1.77. The SMILES string of the molecule is O=C(OC1CC1)c1ccc2nc(Cl)c(F)cn2c1=O. The van der Waals surface area contributed by atoms with Crippen molar-refractivity contribution in [3.8, 4) is 0 Å². The van der Waals surface area contributed by atoms with Crippen LogP contribution in [0.15, 0.2) is 23.1 Å². The monoisotopic (exact) mass is 282 g/mol. The molecule has 0 radical (unpaired) electrons. The van der Waals surface area contributed by atoms with Gasteiger partial charge in [-0.2, -0.15) is 0 Å². The third-order valence-corrected chi connectivity index (χ3v) is 3.03. The van der Waals surface area contributed by atoms with Gasteiger partial charge in [0.1, 0.15) is 17.3 Å². The zero-order valence-electron chi connectivity index (χ0n) is 9.60. The van der Waals surface area contributed by atoms with Crippen LogP contribution in [-0.4, -0.2) is 21.5 Å². The van der Waals surface area contributed by atoms with Crippen LogP contribution in [-0.2, 0) is 4.74 Å². The van der Waals surface area contributed by atoms with Crippen molar-refractivity contribution in [2.75, 3.05) is 0 Å². The van der Waals surface area contributed by atoms with Crippen LogP contribution in [0, 0.1) is 5.82 Å². The summed E-state index contributed by atoms with van der Waals surface area (Å²) in [7, 11) is 0. The number of ether oxygens (including phenoxy) is 1. The van der Waals surface area contributed by atoms with Crippen LogP contribution in [0.3, 0.4) is 0 Å². The first-order valence-electron chi connectivity index (χ1n) is 5.64. The molecule has 0 bridgehead atoms. The Bertz CT molecular complexity index is 740. The molecule has 2 aromatic rings.